The van der Waals surface area contributed by atoms with Crippen molar-refractivity contribution in [1.29, 1.82) is 0 Å². The fourth-order valence-corrected chi connectivity index (χ4v) is 3.83. The highest BCUT2D eigenvalue weighted by atomic mass is 16.7. The summed E-state index contributed by atoms with van der Waals surface area (Å²) in [5.74, 6) is -3.76. The van der Waals surface area contributed by atoms with Crippen molar-refractivity contribution < 1.29 is 43.5 Å². The molecule has 0 spiro atoms. The van der Waals surface area contributed by atoms with E-state index in [0.29, 0.717) is 6.42 Å². The molecule has 0 saturated carbocycles. The molecular weight excluding hydrogens is 372 g/mol. The summed E-state index contributed by atoms with van der Waals surface area (Å²) in [6.07, 6.45) is 0.653. The quantitative estimate of drug-likeness (QED) is 0.521. The van der Waals surface area contributed by atoms with Crippen molar-refractivity contribution >= 4 is 17.9 Å². The van der Waals surface area contributed by atoms with Crippen LogP contribution in [0.15, 0.2) is 23.0 Å². The lowest BCUT2D eigenvalue weighted by Gasteiger charge is -2.40. The lowest BCUT2D eigenvalue weighted by molar-refractivity contribution is -0.298. The van der Waals surface area contributed by atoms with E-state index in [1.807, 2.05) is 0 Å². The smallest absolute Gasteiger partial charge is 0.343 e. The van der Waals surface area contributed by atoms with Crippen LogP contribution < -0.4 is 0 Å². The van der Waals surface area contributed by atoms with Gasteiger partial charge in [0, 0.05) is 32.3 Å². The van der Waals surface area contributed by atoms with Gasteiger partial charge in [-0.3, -0.25) is 9.59 Å². The van der Waals surface area contributed by atoms with Crippen LogP contribution in [0.1, 0.15) is 47.0 Å². The Hall–Kier alpha value is -2.23. The number of hydrogen-bond acceptors (Lipinski definition) is 9. The fraction of sp³-hybridized carbons (Fsp3) is 0.632. The van der Waals surface area contributed by atoms with Crippen molar-refractivity contribution in [3.05, 3.63) is 23.0 Å². The largest absolute Gasteiger partial charge is 0.461 e. The number of aliphatic hydroxyl groups is 2. The molecule has 0 aliphatic carbocycles. The van der Waals surface area contributed by atoms with Crippen molar-refractivity contribution in [2.75, 3.05) is 6.61 Å². The van der Waals surface area contributed by atoms with Gasteiger partial charge in [0.1, 0.15) is 24.1 Å². The van der Waals surface area contributed by atoms with Gasteiger partial charge < -0.3 is 29.2 Å². The van der Waals surface area contributed by atoms with E-state index in [-0.39, 0.29) is 36.4 Å². The Morgan fingerprint density at radius 1 is 1.21 bits per heavy atom. The van der Waals surface area contributed by atoms with E-state index >= 15 is 0 Å². The summed E-state index contributed by atoms with van der Waals surface area (Å²) in [7, 11) is 0. The predicted molar refractivity (Wildman–Crippen MR) is 92.3 cm³/mol. The lowest BCUT2D eigenvalue weighted by Crippen LogP contribution is -2.54. The average molecular weight is 396 g/mol. The molecule has 0 aromatic carbocycles. The molecule has 3 rings (SSSR count). The van der Waals surface area contributed by atoms with Crippen molar-refractivity contribution in [2.24, 2.45) is 0 Å². The van der Waals surface area contributed by atoms with E-state index in [0.717, 1.165) is 0 Å². The molecule has 0 aromatic heterocycles. The molecule has 3 aliphatic heterocycles. The Balaban J connectivity index is 2.16. The van der Waals surface area contributed by atoms with Gasteiger partial charge in [0.25, 0.3) is 0 Å². The van der Waals surface area contributed by atoms with E-state index < -0.39 is 41.0 Å². The fourth-order valence-electron chi connectivity index (χ4n) is 3.83. The van der Waals surface area contributed by atoms with E-state index in [4.69, 9.17) is 18.9 Å². The van der Waals surface area contributed by atoms with E-state index in [2.05, 4.69) is 0 Å². The van der Waals surface area contributed by atoms with Gasteiger partial charge in [-0.15, -0.1) is 0 Å². The molecule has 1 fully saturated rings. The maximum Gasteiger partial charge on any atom is 0.343 e. The van der Waals surface area contributed by atoms with Crippen LogP contribution >= 0.6 is 0 Å². The zero-order valence-electron chi connectivity index (χ0n) is 16.2. The van der Waals surface area contributed by atoms with Crippen LogP contribution in [0.25, 0.3) is 0 Å². The van der Waals surface area contributed by atoms with Crippen molar-refractivity contribution in [2.45, 2.75) is 70.1 Å². The van der Waals surface area contributed by atoms with Crippen LogP contribution in [0.4, 0.5) is 0 Å². The van der Waals surface area contributed by atoms with Crippen LogP contribution in [-0.4, -0.2) is 57.8 Å². The van der Waals surface area contributed by atoms with Gasteiger partial charge in [-0.2, -0.15) is 0 Å². The third kappa shape index (κ3) is 3.57. The van der Waals surface area contributed by atoms with Crippen molar-refractivity contribution in [3.8, 4) is 0 Å². The average Bonchev–Trinajstić information content (AvgIpc) is 3.01. The van der Waals surface area contributed by atoms with Gasteiger partial charge in [0.2, 0.25) is 0 Å². The Morgan fingerprint density at radius 2 is 1.89 bits per heavy atom. The number of rotatable bonds is 3. The van der Waals surface area contributed by atoms with Crippen LogP contribution in [0.3, 0.4) is 0 Å². The molecule has 0 amide bonds. The number of ether oxygens (including phenoxy) is 4. The standard InChI is InChI=1S/C19H24O9/c1-10(20)25-9-12-15-13(27-16(12)22)7-17(3)5-6-19(24,28-17)18(4,23)8-14(15)26-11(2)21/h7,14,23-24H,5-6,8-9H2,1-4H3/b13-7+. The second-order valence-corrected chi connectivity index (χ2v) is 7.85. The van der Waals surface area contributed by atoms with Gasteiger partial charge >= 0.3 is 17.9 Å². The molecule has 9 heteroatoms. The summed E-state index contributed by atoms with van der Waals surface area (Å²) >= 11 is 0. The third-order valence-electron chi connectivity index (χ3n) is 5.31. The first-order chi connectivity index (χ1) is 12.9. The Kier molecular flexibility index (Phi) is 4.89. The summed E-state index contributed by atoms with van der Waals surface area (Å²) < 4.78 is 21.5. The molecule has 28 heavy (non-hydrogen) atoms. The van der Waals surface area contributed by atoms with Gasteiger partial charge in [0.15, 0.2) is 5.79 Å². The SMILES string of the molecule is CC(=O)OCC1=C2/C(=C\C3(C)CCC(O)(O3)C(C)(O)CC2OC(C)=O)OC1=O. The highest BCUT2D eigenvalue weighted by molar-refractivity contribution is 5.95. The number of carbonyl (C=O) groups is 3. The minimum Gasteiger partial charge on any atom is -0.461 e. The molecule has 4 atom stereocenters. The highest BCUT2D eigenvalue weighted by Crippen LogP contribution is 2.49. The van der Waals surface area contributed by atoms with Gasteiger partial charge in [-0.05, 0) is 26.3 Å². The lowest BCUT2D eigenvalue weighted by atomic mass is 9.82. The minimum atomic E-state index is -1.88. The maximum atomic E-state index is 12.4. The highest BCUT2D eigenvalue weighted by Gasteiger charge is 2.58. The van der Waals surface area contributed by atoms with Crippen LogP contribution in [0.5, 0.6) is 0 Å². The molecule has 1 saturated heterocycles. The molecule has 154 valence electrons. The monoisotopic (exact) mass is 396 g/mol. The summed E-state index contributed by atoms with van der Waals surface area (Å²) in [4.78, 5) is 35.3. The van der Waals surface area contributed by atoms with Crippen LogP contribution in [0, 0.1) is 0 Å². The number of carbonyl (C=O) groups excluding carboxylic acids is 3. The second kappa shape index (κ2) is 6.68. The second-order valence-electron chi connectivity index (χ2n) is 7.85. The molecular formula is C19H24O9. The van der Waals surface area contributed by atoms with Crippen molar-refractivity contribution in [1.82, 2.24) is 0 Å². The molecule has 0 aromatic rings. The zero-order valence-corrected chi connectivity index (χ0v) is 16.2. The topological polar surface area (TPSA) is 129 Å². The van der Waals surface area contributed by atoms with Crippen molar-refractivity contribution in [3.63, 3.8) is 0 Å². The van der Waals surface area contributed by atoms with E-state index in [1.54, 1.807) is 6.92 Å². The Labute approximate surface area is 161 Å². The molecule has 9 nitrogen and oxygen atoms in total. The number of fused-ring (bicyclic) bond motifs is 3. The third-order valence-corrected chi connectivity index (χ3v) is 5.31. The summed E-state index contributed by atoms with van der Waals surface area (Å²) in [5.41, 5.74) is -2.62. The summed E-state index contributed by atoms with van der Waals surface area (Å²) in [5, 5.41) is 21.9. The predicted octanol–water partition coefficient (Wildman–Crippen LogP) is 0.631. The first-order valence-corrected chi connectivity index (χ1v) is 9.00. The Bertz CT molecular complexity index is 793. The van der Waals surface area contributed by atoms with Gasteiger partial charge in [0.05, 0.1) is 11.2 Å². The summed E-state index contributed by atoms with van der Waals surface area (Å²) in [6.45, 7) is 5.08. The van der Waals surface area contributed by atoms with Gasteiger partial charge in [-0.25, -0.2) is 4.79 Å². The zero-order chi connectivity index (χ0) is 20.9. The van der Waals surface area contributed by atoms with E-state index in [1.165, 1.54) is 26.8 Å². The first kappa shape index (κ1) is 20.5. The van der Waals surface area contributed by atoms with Gasteiger partial charge in [-0.1, -0.05) is 0 Å². The minimum absolute atomic E-state index is 0.0110. The first-order valence-electron chi connectivity index (χ1n) is 9.00. The Morgan fingerprint density at radius 3 is 2.50 bits per heavy atom. The van der Waals surface area contributed by atoms with Crippen LogP contribution in [-0.2, 0) is 33.3 Å². The molecule has 2 N–H and O–H groups in total. The molecule has 0 radical (unpaired) electrons. The van der Waals surface area contributed by atoms with E-state index in [9.17, 15) is 24.6 Å². The number of esters is 3. The molecule has 3 aliphatic rings. The molecule has 4 unspecified atom stereocenters. The summed E-state index contributed by atoms with van der Waals surface area (Å²) in [6, 6.07) is 0. The van der Waals surface area contributed by atoms with Crippen LogP contribution in [0.2, 0.25) is 0 Å². The normalized spacial score (nSPS) is 39.1. The number of hydrogen-bond donors (Lipinski definition) is 2. The maximum absolute atomic E-state index is 12.4. The molecule has 2 bridgehead atoms. The molecule has 3 heterocycles.